The molecule has 1 aromatic rings. The van der Waals surface area contributed by atoms with Crippen LogP contribution >= 0.6 is 23.1 Å². The Balaban J connectivity index is 1.77. The van der Waals surface area contributed by atoms with E-state index in [4.69, 9.17) is 10.6 Å². The number of hydrogen-bond donors (Lipinski definition) is 2. The Morgan fingerprint density at radius 3 is 2.95 bits per heavy atom. The second kappa shape index (κ2) is 6.55. The molecule has 1 aliphatic carbocycles. The molecule has 1 aliphatic rings. The number of thiazole rings is 1. The Labute approximate surface area is 125 Å². The van der Waals surface area contributed by atoms with Crippen molar-refractivity contribution in [1.82, 2.24) is 10.4 Å². The van der Waals surface area contributed by atoms with Gasteiger partial charge in [-0.3, -0.25) is 15.0 Å². The topological polar surface area (TPSA) is 94.3 Å². The molecule has 0 aromatic carbocycles. The van der Waals surface area contributed by atoms with Gasteiger partial charge in [-0.25, -0.2) is 10.8 Å². The summed E-state index contributed by atoms with van der Waals surface area (Å²) in [4.78, 5) is 26.8. The number of carbonyl (C=O) groups is 2. The van der Waals surface area contributed by atoms with Crippen LogP contribution in [0.1, 0.15) is 34.8 Å². The van der Waals surface area contributed by atoms with Gasteiger partial charge in [0.15, 0.2) is 5.01 Å². The van der Waals surface area contributed by atoms with Gasteiger partial charge in [-0.2, -0.15) is 11.8 Å². The molecule has 1 saturated carbocycles. The minimum atomic E-state index is -0.365. The van der Waals surface area contributed by atoms with Gasteiger partial charge in [0.25, 0.3) is 5.91 Å². The Morgan fingerprint density at radius 2 is 2.35 bits per heavy atom. The normalized spacial score (nSPS) is 15.7. The number of hydrazine groups is 1. The monoisotopic (exact) mass is 315 g/mol. The Hall–Kier alpha value is -1.12. The van der Waals surface area contributed by atoms with Crippen molar-refractivity contribution in [2.45, 2.75) is 25.0 Å². The van der Waals surface area contributed by atoms with Gasteiger partial charge < -0.3 is 4.74 Å². The van der Waals surface area contributed by atoms with Crippen LogP contribution in [0.2, 0.25) is 0 Å². The van der Waals surface area contributed by atoms with Gasteiger partial charge in [0, 0.05) is 11.1 Å². The van der Waals surface area contributed by atoms with E-state index in [0.717, 1.165) is 30.0 Å². The number of hydrogen-bond acceptors (Lipinski definition) is 7. The molecule has 1 amide bonds. The van der Waals surface area contributed by atoms with Crippen molar-refractivity contribution in [3.63, 3.8) is 0 Å². The van der Waals surface area contributed by atoms with Crippen LogP contribution in [0.15, 0.2) is 5.38 Å². The molecule has 0 unspecified atom stereocenters. The van der Waals surface area contributed by atoms with Gasteiger partial charge in [-0.05, 0) is 24.0 Å². The van der Waals surface area contributed by atoms with E-state index < -0.39 is 0 Å². The van der Waals surface area contributed by atoms with E-state index in [2.05, 4.69) is 10.4 Å². The molecule has 0 atom stereocenters. The lowest BCUT2D eigenvalue weighted by Crippen LogP contribution is -2.29. The molecule has 0 bridgehead atoms. The number of carbonyl (C=O) groups excluding carboxylic acids is 2. The summed E-state index contributed by atoms with van der Waals surface area (Å²) in [6, 6.07) is 0. The Kier molecular flexibility index (Phi) is 5.00. The highest BCUT2D eigenvalue weighted by Gasteiger charge is 2.44. The standard InChI is InChI=1S/C12H17N3O3S2/c1-18-9(16)4-12(2-3-12)7-19-5-8-6-20-11(14-8)10(17)15-13/h6H,2-5,7,13H2,1H3,(H,15,17). The van der Waals surface area contributed by atoms with Crippen LogP contribution in [-0.2, 0) is 15.3 Å². The third kappa shape index (κ3) is 3.94. The number of rotatable bonds is 7. The molecule has 1 fully saturated rings. The number of nitrogens with one attached hydrogen (secondary N) is 1. The number of thioether (sulfide) groups is 1. The molecule has 6 nitrogen and oxygen atoms in total. The number of ether oxygens (including phenoxy) is 1. The minimum Gasteiger partial charge on any atom is -0.469 e. The number of aromatic nitrogens is 1. The van der Waals surface area contributed by atoms with E-state index in [0.29, 0.717) is 11.4 Å². The summed E-state index contributed by atoms with van der Waals surface area (Å²) in [7, 11) is 1.42. The zero-order valence-electron chi connectivity index (χ0n) is 11.2. The summed E-state index contributed by atoms with van der Waals surface area (Å²) in [6.45, 7) is 0. The fourth-order valence-corrected chi connectivity index (χ4v) is 3.95. The molecule has 8 heteroatoms. The molecule has 110 valence electrons. The number of methoxy groups -OCH3 is 1. The predicted octanol–water partition coefficient (Wildman–Crippen LogP) is 1.32. The van der Waals surface area contributed by atoms with Crippen molar-refractivity contribution in [1.29, 1.82) is 0 Å². The zero-order chi connectivity index (χ0) is 14.6. The summed E-state index contributed by atoms with van der Waals surface area (Å²) in [5, 5.41) is 2.23. The van der Waals surface area contributed by atoms with E-state index in [9.17, 15) is 9.59 Å². The van der Waals surface area contributed by atoms with Gasteiger partial charge in [0.1, 0.15) is 0 Å². The summed E-state index contributed by atoms with van der Waals surface area (Å²) < 4.78 is 4.72. The molecular weight excluding hydrogens is 298 g/mol. The van der Waals surface area contributed by atoms with Crippen molar-refractivity contribution in [2.75, 3.05) is 12.9 Å². The second-order valence-corrected chi connectivity index (χ2v) is 6.71. The molecule has 0 spiro atoms. The van der Waals surface area contributed by atoms with Gasteiger partial charge in [-0.1, -0.05) is 0 Å². The number of nitrogens with two attached hydrogens (primary N) is 1. The van der Waals surface area contributed by atoms with Crippen LogP contribution in [0, 0.1) is 5.41 Å². The Morgan fingerprint density at radius 1 is 1.60 bits per heavy atom. The average molecular weight is 315 g/mol. The number of esters is 1. The molecule has 0 radical (unpaired) electrons. The maximum Gasteiger partial charge on any atom is 0.306 e. The lowest BCUT2D eigenvalue weighted by Gasteiger charge is -2.12. The van der Waals surface area contributed by atoms with Crippen LogP contribution in [-0.4, -0.2) is 29.7 Å². The molecule has 3 N–H and O–H groups in total. The van der Waals surface area contributed by atoms with Crippen molar-refractivity contribution >= 4 is 35.0 Å². The first-order chi connectivity index (χ1) is 9.58. The van der Waals surface area contributed by atoms with Crippen LogP contribution in [0.25, 0.3) is 0 Å². The molecule has 2 rings (SSSR count). The van der Waals surface area contributed by atoms with Crippen LogP contribution in [0.5, 0.6) is 0 Å². The van der Waals surface area contributed by atoms with Crippen molar-refractivity contribution in [3.8, 4) is 0 Å². The van der Waals surface area contributed by atoms with Crippen LogP contribution in [0.3, 0.4) is 0 Å². The molecule has 0 saturated heterocycles. The largest absolute Gasteiger partial charge is 0.469 e. The summed E-state index contributed by atoms with van der Waals surface area (Å²) >= 11 is 3.01. The van der Waals surface area contributed by atoms with Gasteiger partial charge in [-0.15, -0.1) is 11.3 Å². The first-order valence-electron chi connectivity index (χ1n) is 6.18. The zero-order valence-corrected chi connectivity index (χ0v) is 12.8. The van der Waals surface area contributed by atoms with Gasteiger partial charge >= 0.3 is 5.97 Å². The van der Waals surface area contributed by atoms with E-state index in [1.54, 1.807) is 11.8 Å². The van der Waals surface area contributed by atoms with E-state index in [1.807, 2.05) is 5.38 Å². The molecule has 20 heavy (non-hydrogen) atoms. The maximum absolute atomic E-state index is 11.3. The smallest absolute Gasteiger partial charge is 0.306 e. The van der Waals surface area contributed by atoms with E-state index >= 15 is 0 Å². The molecule has 0 aliphatic heterocycles. The number of nitrogens with zero attached hydrogens (tertiary/aromatic N) is 1. The first-order valence-corrected chi connectivity index (χ1v) is 8.22. The molecule has 1 aromatic heterocycles. The third-order valence-corrected chi connectivity index (χ3v) is 5.45. The second-order valence-electron chi connectivity index (χ2n) is 4.86. The lowest BCUT2D eigenvalue weighted by molar-refractivity contribution is -0.141. The van der Waals surface area contributed by atoms with Crippen LogP contribution < -0.4 is 11.3 Å². The highest BCUT2D eigenvalue weighted by Crippen LogP contribution is 2.51. The molecule has 1 heterocycles. The fraction of sp³-hybridized carbons (Fsp3) is 0.583. The quantitative estimate of drug-likeness (QED) is 0.341. The van der Waals surface area contributed by atoms with Gasteiger partial charge in [0.2, 0.25) is 0 Å². The van der Waals surface area contributed by atoms with Crippen molar-refractivity contribution in [3.05, 3.63) is 16.1 Å². The van der Waals surface area contributed by atoms with E-state index in [-0.39, 0.29) is 17.3 Å². The fourth-order valence-electron chi connectivity index (χ4n) is 1.84. The highest BCUT2D eigenvalue weighted by molar-refractivity contribution is 7.98. The lowest BCUT2D eigenvalue weighted by atomic mass is 10.1. The number of nitrogen functional groups attached to an aromatic ring is 1. The summed E-state index contributed by atoms with van der Waals surface area (Å²) in [5.74, 6) is 6.20. The Bertz CT molecular complexity index is 500. The third-order valence-electron chi connectivity index (χ3n) is 3.24. The van der Waals surface area contributed by atoms with Crippen molar-refractivity contribution in [2.24, 2.45) is 11.3 Å². The SMILES string of the molecule is COC(=O)CC1(CSCc2csc(C(=O)NN)n2)CC1. The average Bonchev–Trinajstić information content (AvgIpc) is 3.03. The first kappa shape index (κ1) is 15.3. The van der Waals surface area contributed by atoms with Crippen molar-refractivity contribution < 1.29 is 14.3 Å². The summed E-state index contributed by atoms with van der Waals surface area (Å²) in [6.07, 6.45) is 2.65. The highest BCUT2D eigenvalue weighted by atomic mass is 32.2. The van der Waals surface area contributed by atoms with E-state index in [1.165, 1.54) is 18.4 Å². The number of amides is 1. The summed E-state index contributed by atoms with van der Waals surface area (Å²) in [5.41, 5.74) is 3.05. The maximum atomic E-state index is 11.3. The van der Waals surface area contributed by atoms with Crippen LogP contribution in [0.4, 0.5) is 0 Å². The molecular formula is C12H17N3O3S2. The minimum absolute atomic E-state index is 0.116. The van der Waals surface area contributed by atoms with Gasteiger partial charge in [0.05, 0.1) is 19.2 Å². The predicted molar refractivity (Wildman–Crippen MR) is 78.2 cm³/mol.